The molecule has 9 heteroatoms. The lowest BCUT2D eigenvalue weighted by Crippen LogP contribution is -2.53. The minimum Gasteiger partial charge on any atom is -0.354 e. The lowest BCUT2D eigenvalue weighted by molar-refractivity contribution is -0.141. The van der Waals surface area contributed by atoms with Gasteiger partial charge in [-0.05, 0) is 48.7 Å². The second kappa shape index (κ2) is 13.6. The number of rotatable bonds is 12. The van der Waals surface area contributed by atoms with E-state index in [0.29, 0.717) is 11.6 Å². The Morgan fingerprint density at radius 3 is 2.24 bits per heavy atom. The maximum absolute atomic E-state index is 13.8. The molecule has 0 fully saturated rings. The van der Waals surface area contributed by atoms with Crippen LogP contribution in [-0.4, -0.2) is 55.6 Å². The number of hydrogen-bond donors (Lipinski definition) is 1. The number of sulfonamides is 1. The number of hydrogen-bond acceptors (Lipinski definition) is 4. The quantitative estimate of drug-likeness (QED) is 0.358. The Balaban J connectivity index is 1.96. The van der Waals surface area contributed by atoms with Crippen molar-refractivity contribution in [3.8, 4) is 0 Å². The van der Waals surface area contributed by atoms with E-state index in [-0.39, 0.29) is 23.8 Å². The number of benzene rings is 3. The third-order valence-corrected chi connectivity index (χ3v) is 8.20. The Labute approximate surface area is 230 Å². The molecule has 1 atom stereocenters. The number of carbonyl (C=O) groups excluding carboxylic acids is 2. The van der Waals surface area contributed by atoms with Crippen molar-refractivity contribution in [1.82, 2.24) is 14.5 Å². The number of likely N-dealkylation sites (N-methyl/N-ethyl adjacent to an activating group) is 1. The largest absolute Gasteiger partial charge is 0.354 e. The highest BCUT2D eigenvalue weighted by Crippen LogP contribution is 2.20. The summed E-state index contributed by atoms with van der Waals surface area (Å²) in [6.45, 7) is 3.95. The Bertz CT molecular complexity index is 1330. The SMILES string of the molecule is CCCNC(=O)C(Cc1ccccc1)N(Cc1cccc(Cl)c1)C(=O)CN(C)S(=O)(=O)c1ccc(C)cc1. The minimum atomic E-state index is -3.92. The first-order chi connectivity index (χ1) is 18.1. The molecule has 1 N–H and O–H groups in total. The topological polar surface area (TPSA) is 86.8 Å². The van der Waals surface area contributed by atoms with Crippen molar-refractivity contribution in [3.63, 3.8) is 0 Å². The molecule has 0 aliphatic heterocycles. The third-order valence-electron chi connectivity index (χ3n) is 6.15. The van der Waals surface area contributed by atoms with Crippen LogP contribution in [0.2, 0.25) is 5.02 Å². The summed E-state index contributed by atoms with van der Waals surface area (Å²) >= 11 is 6.20. The highest BCUT2D eigenvalue weighted by atomic mass is 35.5. The van der Waals surface area contributed by atoms with Crippen LogP contribution in [0.4, 0.5) is 0 Å². The van der Waals surface area contributed by atoms with Gasteiger partial charge in [0.2, 0.25) is 21.8 Å². The summed E-state index contributed by atoms with van der Waals surface area (Å²) < 4.78 is 27.4. The summed E-state index contributed by atoms with van der Waals surface area (Å²) in [5.74, 6) is -0.786. The number of carbonyl (C=O) groups is 2. The first kappa shape index (κ1) is 29.4. The summed E-state index contributed by atoms with van der Waals surface area (Å²) in [5, 5.41) is 3.41. The van der Waals surface area contributed by atoms with Crippen LogP contribution in [0.1, 0.15) is 30.0 Å². The first-order valence-electron chi connectivity index (χ1n) is 12.5. The van der Waals surface area contributed by atoms with Gasteiger partial charge >= 0.3 is 0 Å². The first-order valence-corrected chi connectivity index (χ1v) is 14.3. The molecule has 7 nitrogen and oxygen atoms in total. The maximum Gasteiger partial charge on any atom is 0.243 e. The van der Waals surface area contributed by atoms with E-state index in [2.05, 4.69) is 5.32 Å². The maximum atomic E-state index is 13.8. The van der Waals surface area contributed by atoms with Gasteiger partial charge in [0.05, 0.1) is 11.4 Å². The Hall–Kier alpha value is -3.20. The molecule has 202 valence electrons. The molecule has 0 aromatic heterocycles. The lowest BCUT2D eigenvalue weighted by atomic mass is 10.0. The van der Waals surface area contributed by atoms with Gasteiger partial charge in [0.15, 0.2) is 0 Å². The summed E-state index contributed by atoms with van der Waals surface area (Å²) in [4.78, 5) is 28.7. The van der Waals surface area contributed by atoms with E-state index in [1.54, 1.807) is 30.3 Å². The number of halogens is 1. The Kier molecular flexibility index (Phi) is 10.5. The van der Waals surface area contributed by atoms with Gasteiger partial charge in [-0.1, -0.05) is 78.7 Å². The van der Waals surface area contributed by atoms with E-state index in [0.717, 1.165) is 27.4 Å². The number of nitrogens with one attached hydrogen (secondary N) is 1. The molecule has 0 saturated carbocycles. The fourth-order valence-electron chi connectivity index (χ4n) is 4.01. The number of aryl methyl sites for hydroxylation is 1. The van der Waals surface area contributed by atoms with Crippen molar-refractivity contribution >= 4 is 33.4 Å². The molecule has 3 aromatic carbocycles. The molecular weight excluding hydrogens is 522 g/mol. The molecule has 3 aromatic rings. The second-order valence-electron chi connectivity index (χ2n) is 9.22. The predicted octanol–water partition coefficient (Wildman–Crippen LogP) is 4.44. The van der Waals surface area contributed by atoms with Gasteiger partial charge in [-0.3, -0.25) is 9.59 Å². The predicted molar refractivity (Wildman–Crippen MR) is 150 cm³/mol. The molecule has 0 radical (unpaired) electrons. The standard InChI is InChI=1S/C29H34ClN3O4S/c1-4-17-31-29(35)27(19-23-9-6-5-7-10-23)33(20-24-11-8-12-25(30)18-24)28(34)21-32(3)38(36,37)26-15-13-22(2)14-16-26/h5-16,18,27H,4,17,19-21H2,1-3H3,(H,31,35). The molecule has 2 amide bonds. The van der Waals surface area contributed by atoms with Crippen LogP contribution >= 0.6 is 11.6 Å². The normalized spacial score (nSPS) is 12.2. The molecule has 0 saturated heterocycles. The Morgan fingerprint density at radius 1 is 0.947 bits per heavy atom. The van der Waals surface area contributed by atoms with E-state index in [9.17, 15) is 18.0 Å². The van der Waals surface area contributed by atoms with Gasteiger partial charge in [-0.2, -0.15) is 4.31 Å². The van der Waals surface area contributed by atoms with Gasteiger partial charge in [0.25, 0.3) is 0 Å². The molecule has 38 heavy (non-hydrogen) atoms. The Morgan fingerprint density at radius 2 is 1.61 bits per heavy atom. The van der Waals surface area contributed by atoms with E-state index in [1.807, 2.05) is 50.2 Å². The highest BCUT2D eigenvalue weighted by Gasteiger charge is 2.33. The zero-order chi connectivity index (χ0) is 27.7. The van der Waals surface area contributed by atoms with Gasteiger partial charge in [0.1, 0.15) is 6.04 Å². The lowest BCUT2D eigenvalue weighted by Gasteiger charge is -2.32. The fraction of sp³-hybridized carbons (Fsp3) is 0.310. The average molecular weight is 556 g/mol. The van der Waals surface area contributed by atoms with E-state index in [4.69, 9.17) is 11.6 Å². The zero-order valence-corrected chi connectivity index (χ0v) is 23.5. The van der Waals surface area contributed by atoms with E-state index < -0.39 is 28.5 Å². The van der Waals surface area contributed by atoms with Gasteiger partial charge in [-0.15, -0.1) is 0 Å². The van der Waals surface area contributed by atoms with Crippen molar-refractivity contribution in [2.45, 2.75) is 44.2 Å². The number of amides is 2. The van der Waals surface area contributed by atoms with E-state index >= 15 is 0 Å². The van der Waals surface area contributed by atoms with Crippen LogP contribution in [0.25, 0.3) is 0 Å². The molecule has 1 unspecified atom stereocenters. The van der Waals surface area contributed by atoms with Crippen LogP contribution in [0.5, 0.6) is 0 Å². The van der Waals surface area contributed by atoms with Crippen molar-refractivity contribution in [1.29, 1.82) is 0 Å². The molecular formula is C29H34ClN3O4S. The van der Waals surface area contributed by atoms with Crippen LogP contribution in [0.3, 0.4) is 0 Å². The summed E-state index contributed by atoms with van der Waals surface area (Å²) in [5.41, 5.74) is 2.54. The number of nitrogens with zero attached hydrogens (tertiary/aromatic N) is 2. The monoisotopic (exact) mass is 555 g/mol. The average Bonchev–Trinajstić information content (AvgIpc) is 2.90. The highest BCUT2D eigenvalue weighted by molar-refractivity contribution is 7.89. The third kappa shape index (κ3) is 7.90. The molecule has 0 aliphatic rings. The van der Waals surface area contributed by atoms with Crippen molar-refractivity contribution in [3.05, 3.63) is 101 Å². The summed E-state index contributed by atoms with van der Waals surface area (Å²) in [7, 11) is -2.55. The van der Waals surface area contributed by atoms with Gasteiger partial charge in [-0.25, -0.2) is 8.42 Å². The zero-order valence-electron chi connectivity index (χ0n) is 21.9. The van der Waals surface area contributed by atoms with Crippen LogP contribution in [0.15, 0.2) is 83.8 Å². The molecule has 0 bridgehead atoms. The van der Waals surface area contributed by atoms with Gasteiger partial charge < -0.3 is 10.2 Å². The van der Waals surface area contributed by atoms with Crippen LogP contribution in [-0.2, 0) is 32.6 Å². The van der Waals surface area contributed by atoms with Crippen LogP contribution in [0, 0.1) is 6.92 Å². The summed E-state index contributed by atoms with van der Waals surface area (Å²) in [6, 6.07) is 22.1. The minimum absolute atomic E-state index is 0.0921. The smallest absolute Gasteiger partial charge is 0.243 e. The molecule has 3 rings (SSSR count). The van der Waals surface area contributed by atoms with Crippen molar-refractivity contribution in [2.24, 2.45) is 0 Å². The second-order valence-corrected chi connectivity index (χ2v) is 11.7. The summed E-state index contributed by atoms with van der Waals surface area (Å²) in [6.07, 6.45) is 1.01. The molecule has 0 heterocycles. The fourth-order valence-corrected chi connectivity index (χ4v) is 5.34. The molecule has 0 spiro atoms. The van der Waals surface area contributed by atoms with Gasteiger partial charge in [0, 0.05) is 31.6 Å². The van der Waals surface area contributed by atoms with Crippen molar-refractivity contribution < 1.29 is 18.0 Å². The van der Waals surface area contributed by atoms with Crippen molar-refractivity contribution in [2.75, 3.05) is 20.1 Å². The van der Waals surface area contributed by atoms with E-state index in [1.165, 1.54) is 24.1 Å². The van der Waals surface area contributed by atoms with Crippen LogP contribution < -0.4 is 5.32 Å². The molecule has 0 aliphatic carbocycles.